The Morgan fingerprint density at radius 2 is 2.33 bits per heavy atom. The number of aromatic nitrogens is 1. The van der Waals surface area contributed by atoms with Crippen molar-refractivity contribution in [3.63, 3.8) is 0 Å². The van der Waals surface area contributed by atoms with Crippen LogP contribution in [0.5, 0.6) is 0 Å². The van der Waals surface area contributed by atoms with Gasteiger partial charge >= 0.3 is 0 Å². The van der Waals surface area contributed by atoms with Crippen molar-refractivity contribution in [2.75, 3.05) is 0 Å². The summed E-state index contributed by atoms with van der Waals surface area (Å²) in [5, 5.41) is 0. The Labute approximate surface area is 78.4 Å². The fourth-order valence-electron chi connectivity index (χ4n) is 0.176. The molecule has 0 aliphatic rings. The van der Waals surface area contributed by atoms with E-state index < -0.39 is 0 Å². The van der Waals surface area contributed by atoms with Gasteiger partial charge in [-0.15, -0.1) is 0 Å². The van der Waals surface area contributed by atoms with Crippen LogP contribution in [0.1, 0.15) is 0 Å². The molecule has 0 aliphatic heterocycles. The quantitative estimate of drug-likeness (QED) is 0.446. The van der Waals surface area contributed by atoms with Crippen molar-refractivity contribution < 1.29 is 4.42 Å². The fourth-order valence-corrected chi connectivity index (χ4v) is 0.176. The molecule has 0 atom stereocenters. The number of rotatable bonds is 0. The van der Waals surface area contributed by atoms with Gasteiger partial charge in [-0.1, -0.05) is 0 Å². The van der Waals surface area contributed by atoms with Crippen LogP contribution in [-0.2, 0) is 0 Å². The number of hydrogen-bond acceptors (Lipinski definition) is 2. The van der Waals surface area contributed by atoms with Crippen molar-refractivity contribution in [2.45, 2.75) is 0 Å². The standard InChI is InChI=1S/C3H3NO.K/c1-2-5-3-4-1;/h1-3H;. The smallest absolute Gasteiger partial charge is 0.180 e. The van der Waals surface area contributed by atoms with Crippen LogP contribution in [-0.4, -0.2) is 56.4 Å². The van der Waals surface area contributed by atoms with Gasteiger partial charge in [-0.3, -0.25) is 0 Å². The second-order valence-corrected chi connectivity index (χ2v) is 0.676. The Balaban J connectivity index is 0.000000250. The van der Waals surface area contributed by atoms with Crippen LogP contribution in [0.4, 0.5) is 0 Å². The van der Waals surface area contributed by atoms with Crippen molar-refractivity contribution in [3.8, 4) is 0 Å². The van der Waals surface area contributed by atoms with E-state index in [9.17, 15) is 0 Å². The van der Waals surface area contributed by atoms with Gasteiger partial charge < -0.3 is 4.42 Å². The third kappa shape index (κ3) is 2.10. The van der Waals surface area contributed by atoms with E-state index in [4.69, 9.17) is 0 Å². The summed E-state index contributed by atoms with van der Waals surface area (Å²) >= 11 is 0. The van der Waals surface area contributed by atoms with Crippen LogP contribution in [0.3, 0.4) is 0 Å². The zero-order chi connectivity index (χ0) is 3.54. The maximum absolute atomic E-state index is 4.47. The van der Waals surface area contributed by atoms with Crippen LogP contribution in [0.2, 0.25) is 0 Å². The van der Waals surface area contributed by atoms with Gasteiger partial charge in [-0.05, 0) is 0 Å². The number of nitrogens with zero attached hydrogens (tertiary/aromatic N) is 1. The van der Waals surface area contributed by atoms with E-state index in [1.807, 2.05) is 0 Å². The van der Waals surface area contributed by atoms with Gasteiger partial charge in [0.15, 0.2) is 6.39 Å². The van der Waals surface area contributed by atoms with E-state index in [-0.39, 0.29) is 51.4 Å². The Kier molecular flexibility index (Phi) is 4.58. The van der Waals surface area contributed by atoms with Gasteiger partial charge in [-0.2, -0.15) is 0 Å². The first-order valence-electron chi connectivity index (χ1n) is 1.32. The fraction of sp³-hybridized carbons (Fsp3) is 0. The molecule has 3 heteroatoms. The molecule has 0 N–H and O–H groups in total. The van der Waals surface area contributed by atoms with Crippen LogP contribution in [0, 0.1) is 0 Å². The van der Waals surface area contributed by atoms with E-state index in [0.29, 0.717) is 0 Å². The molecule has 0 fully saturated rings. The first-order chi connectivity index (χ1) is 2.50. The zero-order valence-electron chi connectivity index (χ0n) is 3.59. The van der Waals surface area contributed by atoms with E-state index >= 15 is 0 Å². The first kappa shape index (κ1) is 6.85. The summed E-state index contributed by atoms with van der Waals surface area (Å²) < 4.78 is 4.47. The molecule has 0 unspecified atom stereocenters. The summed E-state index contributed by atoms with van der Waals surface area (Å²) in [6.07, 6.45) is 4.47. The first-order valence-corrected chi connectivity index (χ1v) is 1.32. The van der Waals surface area contributed by atoms with Crippen molar-refractivity contribution in [1.82, 2.24) is 4.98 Å². The molecule has 0 saturated carbocycles. The molecule has 0 aliphatic carbocycles. The SMILES string of the molecule is [K].c1cocn1. The molecule has 0 amide bonds. The summed E-state index contributed by atoms with van der Waals surface area (Å²) in [6.45, 7) is 0. The van der Waals surface area contributed by atoms with E-state index in [1.54, 1.807) is 6.20 Å². The van der Waals surface area contributed by atoms with Crippen LogP contribution in [0.15, 0.2) is 23.3 Å². The average Bonchev–Trinajstić information content (AvgIpc) is 1.76. The van der Waals surface area contributed by atoms with Crippen molar-refractivity contribution in [3.05, 3.63) is 18.9 Å². The maximum Gasteiger partial charge on any atom is 0.180 e. The normalized spacial score (nSPS) is 6.67. The van der Waals surface area contributed by atoms with Gasteiger partial charge in [-0.25, -0.2) is 4.98 Å². The third-order valence-corrected chi connectivity index (χ3v) is 0.347. The van der Waals surface area contributed by atoms with Crippen LogP contribution >= 0.6 is 0 Å². The van der Waals surface area contributed by atoms with E-state index in [0.717, 1.165) is 0 Å². The second kappa shape index (κ2) is 4.02. The number of oxazole rings is 1. The molecule has 2 nitrogen and oxygen atoms in total. The molecule has 27 valence electrons. The van der Waals surface area contributed by atoms with Crippen molar-refractivity contribution in [1.29, 1.82) is 0 Å². The topological polar surface area (TPSA) is 26.0 Å². The Morgan fingerprint density at radius 1 is 1.50 bits per heavy atom. The van der Waals surface area contributed by atoms with Gasteiger partial charge in [0, 0.05) is 51.4 Å². The predicted molar refractivity (Wildman–Crippen MR) is 22.3 cm³/mol. The minimum absolute atomic E-state index is 0. The molecule has 0 saturated heterocycles. The summed E-state index contributed by atoms with van der Waals surface area (Å²) in [4.78, 5) is 3.56. The molecule has 1 aromatic rings. The number of hydrogen-bond donors (Lipinski definition) is 0. The Morgan fingerprint density at radius 3 is 2.50 bits per heavy atom. The van der Waals surface area contributed by atoms with Gasteiger partial charge in [0.05, 0.1) is 6.20 Å². The third-order valence-electron chi connectivity index (χ3n) is 0.347. The maximum atomic E-state index is 4.47. The van der Waals surface area contributed by atoms with Gasteiger partial charge in [0.2, 0.25) is 0 Å². The molecule has 1 radical (unpaired) electrons. The van der Waals surface area contributed by atoms with Crippen molar-refractivity contribution >= 4 is 51.4 Å². The summed E-state index contributed by atoms with van der Waals surface area (Å²) in [5.41, 5.74) is 0. The average molecular weight is 108 g/mol. The predicted octanol–water partition coefficient (Wildman–Crippen LogP) is 0.294. The van der Waals surface area contributed by atoms with Crippen LogP contribution in [0.25, 0.3) is 0 Å². The summed E-state index contributed by atoms with van der Waals surface area (Å²) in [5.74, 6) is 0. The summed E-state index contributed by atoms with van der Waals surface area (Å²) in [7, 11) is 0. The molecule has 0 bridgehead atoms. The van der Waals surface area contributed by atoms with Crippen LogP contribution < -0.4 is 0 Å². The zero-order valence-corrected chi connectivity index (χ0v) is 6.71. The van der Waals surface area contributed by atoms with Gasteiger partial charge in [0.25, 0.3) is 0 Å². The van der Waals surface area contributed by atoms with E-state index in [1.165, 1.54) is 12.7 Å². The Hall–Kier alpha value is 0.846. The molecular formula is C3H3KNO. The molecule has 0 aromatic carbocycles. The minimum Gasteiger partial charge on any atom is -0.452 e. The molecule has 6 heavy (non-hydrogen) atoms. The molecule has 1 heterocycles. The summed E-state index contributed by atoms with van der Waals surface area (Å²) in [6, 6.07) is 0. The molecule has 1 rings (SSSR count). The molecule has 1 aromatic heterocycles. The minimum atomic E-state index is 0. The monoisotopic (exact) mass is 108 g/mol. The van der Waals surface area contributed by atoms with Crippen molar-refractivity contribution in [2.24, 2.45) is 0 Å². The Bertz CT molecular complexity index is 67.3. The van der Waals surface area contributed by atoms with Gasteiger partial charge in [0.1, 0.15) is 6.26 Å². The molecule has 0 spiro atoms. The molecular weight excluding hydrogens is 105 g/mol. The second-order valence-electron chi connectivity index (χ2n) is 0.676. The largest absolute Gasteiger partial charge is 0.452 e. The van der Waals surface area contributed by atoms with E-state index in [2.05, 4.69) is 9.40 Å².